The van der Waals surface area contributed by atoms with Gasteiger partial charge in [-0.15, -0.1) is 24.8 Å². The lowest BCUT2D eigenvalue weighted by Gasteiger charge is -2.32. The Morgan fingerprint density at radius 1 is 1.24 bits per heavy atom. The summed E-state index contributed by atoms with van der Waals surface area (Å²) in [5.41, 5.74) is 3.30. The number of hydrogen-bond donors (Lipinski definition) is 0. The van der Waals surface area contributed by atoms with Crippen molar-refractivity contribution in [1.29, 1.82) is 0 Å². The molecule has 2 rings (SSSR count). The lowest BCUT2D eigenvalue weighted by molar-refractivity contribution is -0.148. The fourth-order valence-electron chi connectivity index (χ4n) is 2.63. The van der Waals surface area contributed by atoms with E-state index < -0.39 is 0 Å². The highest BCUT2D eigenvalue weighted by molar-refractivity contribution is 5.85. The maximum atomic E-state index is 11.7. The molecule has 0 aliphatic carbocycles. The van der Waals surface area contributed by atoms with Crippen molar-refractivity contribution in [2.24, 2.45) is 5.92 Å². The average molecular weight is 335 g/mol. The first-order valence-corrected chi connectivity index (χ1v) is 6.97. The number of pyridine rings is 1. The molecule has 6 heteroatoms. The molecule has 0 spiro atoms. The van der Waals surface area contributed by atoms with E-state index in [0.717, 1.165) is 37.3 Å². The Hall–Kier alpha value is -1.00. The molecule has 0 atom stereocenters. The Balaban J connectivity index is 0.00000200. The highest BCUT2D eigenvalue weighted by atomic mass is 35.5. The molecule has 2 heterocycles. The van der Waals surface area contributed by atoms with Crippen molar-refractivity contribution < 1.29 is 9.53 Å². The van der Waals surface area contributed by atoms with Crippen LogP contribution in [0.25, 0.3) is 0 Å². The molecular formula is C15H24Cl2N2O2. The van der Waals surface area contributed by atoms with Gasteiger partial charge in [0, 0.05) is 30.2 Å². The van der Waals surface area contributed by atoms with E-state index in [1.54, 1.807) is 0 Å². The zero-order valence-corrected chi connectivity index (χ0v) is 14.4. The number of aromatic nitrogens is 1. The van der Waals surface area contributed by atoms with Crippen LogP contribution in [0.1, 0.15) is 31.2 Å². The van der Waals surface area contributed by atoms with Crippen LogP contribution in [0.15, 0.2) is 12.1 Å². The Morgan fingerprint density at radius 3 is 2.24 bits per heavy atom. The second kappa shape index (κ2) is 9.11. The monoisotopic (exact) mass is 334 g/mol. The van der Waals surface area contributed by atoms with E-state index in [0.29, 0.717) is 6.61 Å². The topological polar surface area (TPSA) is 42.4 Å². The second-order valence-corrected chi connectivity index (χ2v) is 5.12. The van der Waals surface area contributed by atoms with Crippen molar-refractivity contribution in [1.82, 2.24) is 4.98 Å². The fourth-order valence-corrected chi connectivity index (χ4v) is 2.63. The van der Waals surface area contributed by atoms with Crippen molar-refractivity contribution in [2.45, 2.75) is 33.6 Å². The van der Waals surface area contributed by atoms with Gasteiger partial charge in [0.1, 0.15) is 0 Å². The van der Waals surface area contributed by atoms with Gasteiger partial charge in [0.25, 0.3) is 0 Å². The third kappa shape index (κ3) is 5.36. The molecule has 1 aliphatic rings. The molecule has 1 aromatic heterocycles. The standard InChI is InChI=1S/C15H22N2O2.2ClH/c1-4-19-15(18)13-5-7-17(8-6-13)14-9-11(2)16-12(3)10-14;;/h9-10,13H,4-8H2,1-3H3;2*1H. The number of carbonyl (C=O) groups excluding carboxylic acids is 1. The van der Waals surface area contributed by atoms with Crippen LogP contribution in [0.4, 0.5) is 5.69 Å². The van der Waals surface area contributed by atoms with Gasteiger partial charge in [-0.3, -0.25) is 9.78 Å². The molecule has 0 unspecified atom stereocenters. The lowest BCUT2D eigenvalue weighted by Crippen LogP contribution is -2.37. The predicted molar refractivity (Wildman–Crippen MR) is 89.8 cm³/mol. The van der Waals surface area contributed by atoms with Crippen molar-refractivity contribution >= 4 is 36.5 Å². The molecule has 21 heavy (non-hydrogen) atoms. The van der Waals surface area contributed by atoms with E-state index in [2.05, 4.69) is 22.0 Å². The first-order valence-electron chi connectivity index (χ1n) is 6.97. The van der Waals surface area contributed by atoms with E-state index in [1.165, 1.54) is 5.69 Å². The van der Waals surface area contributed by atoms with Crippen LogP contribution in [-0.2, 0) is 9.53 Å². The number of rotatable bonds is 3. The first kappa shape index (κ1) is 20.0. The Kier molecular flexibility index (Phi) is 8.67. The number of halogens is 2. The summed E-state index contributed by atoms with van der Waals surface area (Å²) in [6, 6.07) is 4.22. The smallest absolute Gasteiger partial charge is 0.309 e. The van der Waals surface area contributed by atoms with Crippen molar-refractivity contribution in [3.8, 4) is 0 Å². The van der Waals surface area contributed by atoms with Gasteiger partial charge < -0.3 is 9.64 Å². The van der Waals surface area contributed by atoms with Crippen molar-refractivity contribution in [2.75, 3.05) is 24.6 Å². The molecule has 1 saturated heterocycles. The van der Waals surface area contributed by atoms with Gasteiger partial charge in [-0.2, -0.15) is 0 Å². The van der Waals surface area contributed by atoms with Crippen LogP contribution in [-0.4, -0.2) is 30.6 Å². The van der Waals surface area contributed by atoms with Gasteiger partial charge in [0.05, 0.1) is 12.5 Å². The minimum atomic E-state index is -0.0377. The molecule has 0 aromatic carbocycles. The molecule has 1 aromatic rings. The van der Waals surface area contributed by atoms with Crippen LogP contribution < -0.4 is 4.90 Å². The number of nitrogens with zero attached hydrogens (tertiary/aromatic N) is 2. The van der Waals surface area contributed by atoms with E-state index in [-0.39, 0.29) is 36.7 Å². The normalized spacial score (nSPS) is 14.9. The SMILES string of the molecule is CCOC(=O)C1CCN(c2cc(C)nc(C)c2)CC1.Cl.Cl. The summed E-state index contributed by atoms with van der Waals surface area (Å²) < 4.78 is 5.09. The Morgan fingerprint density at radius 2 is 1.76 bits per heavy atom. The van der Waals surface area contributed by atoms with Gasteiger partial charge in [-0.1, -0.05) is 0 Å². The Labute approximate surface area is 139 Å². The van der Waals surface area contributed by atoms with Gasteiger partial charge in [0.2, 0.25) is 0 Å². The first-order chi connectivity index (χ1) is 9.10. The summed E-state index contributed by atoms with van der Waals surface area (Å²) >= 11 is 0. The largest absolute Gasteiger partial charge is 0.466 e. The summed E-state index contributed by atoms with van der Waals surface area (Å²) in [5.74, 6) is 0.0319. The summed E-state index contributed by atoms with van der Waals surface area (Å²) in [7, 11) is 0. The molecule has 1 fully saturated rings. The molecule has 4 nitrogen and oxygen atoms in total. The molecule has 120 valence electrons. The van der Waals surface area contributed by atoms with Crippen LogP contribution in [0, 0.1) is 19.8 Å². The maximum Gasteiger partial charge on any atom is 0.309 e. The van der Waals surface area contributed by atoms with Crippen molar-refractivity contribution in [3.05, 3.63) is 23.5 Å². The van der Waals surface area contributed by atoms with Crippen LogP contribution in [0.5, 0.6) is 0 Å². The number of hydrogen-bond acceptors (Lipinski definition) is 4. The average Bonchev–Trinajstić information content (AvgIpc) is 2.38. The molecule has 0 saturated carbocycles. The fraction of sp³-hybridized carbons (Fsp3) is 0.600. The number of esters is 1. The minimum absolute atomic E-state index is 0. The van der Waals surface area contributed by atoms with Crippen LogP contribution >= 0.6 is 24.8 Å². The number of piperidine rings is 1. The summed E-state index contributed by atoms with van der Waals surface area (Å²) in [6.45, 7) is 8.18. The van der Waals surface area contributed by atoms with Gasteiger partial charge in [-0.25, -0.2) is 0 Å². The number of ether oxygens (including phenoxy) is 1. The third-order valence-electron chi connectivity index (χ3n) is 3.55. The molecule has 0 radical (unpaired) electrons. The number of aryl methyl sites for hydroxylation is 2. The zero-order chi connectivity index (χ0) is 13.8. The molecule has 0 amide bonds. The van der Waals surface area contributed by atoms with E-state index in [4.69, 9.17) is 4.74 Å². The quantitative estimate of drug-likeness (QED) is 0.795. The highest BCUT2D eigenvalue weighted by Crippen LogP contribution is 2.25. The van der Waals surface area contributed by atoms with E-state index >= 15 is 0 Å². The van der Waals surface area contributed by atoms with Gasteiger partial charge in [0.15, 0.2) is 0 Å². The molecule has 0 N–H and O–H groups in total. The molecular weight excluding hydrogens is 311 g/mol. The van der Waals surface area contributed by atoms with E-state index in [9.17, 15) is 4.79 Å². The Bertz CT molecular complexity index is 441. The zero-order valence-electron chi connectivity index (χ0n) is 12.8. The maximum absolute atomic E-state index is 11.7. The predicted octanol–water partition coefficient (Wildman–Crippen LogP) is 3.32. The summed E-state index contributed by atoms with van der Waals surface area (Å²) in [4.78, 5) is 18.4. The highest BCUT2D eigenvalue weighted by Gasteiger charge is 2.26. The van der Waals surface area contributed by atoms with E-state index in [1.807, 2.05) is 20.8 Å². The van der Waals surface area contributed by atoms with Gasteiger partial charge >= 0.3 is 5.97 Å². The minimum Gasteiger partial charge on any atom is -0.466 e. The van der Waals surface area contributed by atoms with Crippen LogP contribution in [0.3, 0.4) is 0 Å². The molecule has 0 bridgehead atoms. The second-order valence-electron chi connectivity index (χ2n) is 5.12. The lowest BCUT2D eigenvalue weighted by atomic mass is 9.96. The number of carbonyl (C=O) groups is 1. The third-order valence-corrected chi connectivity index (χ3v) is 3.55. The number of anilines is 1. The van der Waals surface area contributed by atoms with Crippen molar-refractivity contribution in [3.63, 3.8) is 0 Å². The van der Waals surface area contributed by atoms with Gasteiger partial charge in [-0.05, 0) is 45.7 Å². The summed E-state index contributed by atoms with van der Waals surface area (Å²) in [5, 5.41) is 0. The molecule has 1 aliphatic heterocycles. The summed E-state index contributed by atoms with van der Waals surface area (Å²) in [6.07, 6.45) is 1.75. The van der Waals surface area contributed by atoms with Crippen LogP contribution in [0.2, 0.25) is 0 Å².